The van der Waals surface area contributed by atoms with E-state index in [-0.39, 0.29) is 31.2 Å². The highest BCUT2D eigenvalue weighted by atomic mass is 16.6. The smallest absolute Gasteiger partial charge is 0.316 e. The van der Waals surface area contributed by atoms with Crippen molar-refractivity contribution in [2.24, 2.45) is 11.8 Å². The summed E-state index contributed by atoms with van der Waals surface area (Å²) >= 11 is 0. The molecule has 394 valence electrons. The van der Waals surface area contributed by atoms with Gasteiger partial charge in [-0.3, -0.25) is 24.0 Å². The molecule has 2 unspecified atom stereocenters. The van der Waals surface area contributed by atoms with E-state index in [1.54, 1.807) is 0 Å². The first-order valence-electron chi connectivity index (χ1n) is 29.3. The van der Waals surface area contributed by atoms with Gasteiger partial charge >= 0.3 is 17.9 Å². The van der Waals surface area contributed by atoms with Gasteiger partial charge in [0.15, 0.2) is 6.10 Å². The summed E-state index contributed by atoms with van der Waals surface area (Å²) in [4.78, 5) is 67.7. The Bertz CT molecular complexity index is 1090. The monoisotopic (exact) mass is 947 g/mol. The van der Waals surface area contributed by atoms with E-state index in [9.17, 15) is 24.0 Å². The van der Waals surface area contributed by atoms with Crippen molar-refractivity contribution in [3.8, 4) is 0 Å². The van der Waals surface area contributed by atoms with Crippen LogP contribution in [0, 0.1) is 11.8 Å². The molecule has 0 aliphatic rings. The molecule has 0 saturated heterocycles. The van der Waals surface area contributed by atoms with Gasteiger partial charge in [0.1, 0.15) is 36.6 Å². The minimum Gasteiger partial charge on any atom is -0.461 e. The Labute approximate surface area is 414 Å². The van der Waals surface area contributed by atoms with Gasteiger partial charge < -0.3 is 14.2 Å². The number of carbonyl (C=O) groups excluding carboxylic acids is 5. The Morgan fingerprint density at radius 2 is 0.537 bits per heavy atom. The highest BCUT2D eigenvalue weighted by molar-refractivity contribution is 5.99. The van der Waals surface area contributed by atoms with E-state index >= 15 is 0 Å². The van der Waals surface area contributed by atoms with Crippen molar-refractivity contribution in [1.29, 1.82) is 0 Å². The minimum atomic E-state index is -1.02. The molecule has 8 heteroatoms. The van der Waals surface area contributed by atoms with Crippen molar-refractivity contribution in [2.45, 2.75) is 323 Å². The zero-order valence-corrected chi connectivity index (χ0v) is 45.0. The van der Waals surface area contributed by atoms with Gasteiger partial charge in [-0.25, -0.2) is 0 Å². The van der Waals surface area contributed by atoms with Crippen molar-refractivity contribution in [1.82, 2.24) is 0 Å². The van der Waals surface area contributed by atoms with Gasteiger partial charge in [0.2, 0.25) is 0 Å². The minimum absolute atomic E-state index is 0.0837. The van der Waals surface area contributed by atoms with E-state index in [2.05, 4.69) is 34.6 Å². The molecule has 0 heterocycles. The summed E-state index contributed by atoms with van der Waals surface area (Å²) in [6, 6.07) is 0. The summed E-state index contributed by atoms with van der Waals surface area (Å²) in [7, 11) is 0. The third kappa shape index (κ3) is 41.3. The molecule has 0 aromatic rings. The second kappa shape index (κ2) is 50.1. The van der Waals surface area contributed by atoms with Crippen LogP contribution in [-0.2, 0) is 38.2 Å². The van der Waals surface area contributed by atoms with Gasteiger partial charge in [-0.2, -0.15) is 0 Å². The van der Waals surface area contributed by atoms with Crippen LogP contribution in [0.25, 0.3) is 0 Å². The Morgan fingerprint density at radius 3 is 0.821 bits per heavy atom. The molecule has 0 saturated carbocycles. The summed E-state index contributed by atoms with van der Waals surface area (Å²) < 4.78 is 17.5. The van der Waals surface area contributed by atoms with Crippen LogP contribution in [0.15, 0.2) is 0 Å². The quantitative estimate of drug-likeness (QED) is 0.0256. The molecular formula is C59H110O8. The molecule has 0 N–H and O–H groups in total. The maximum Gasteiger partial charge on any atom is 0.316 e. The van der Waals surface area contributed by atoms with Gasteiger partial charge in [-0.1, -0.05) is 266 Å². The zero-order valence-electron chi connectivity index (χ0n) is 45.0. The van der Waals surface area contributed by atoms with E-state index in [4.69, 9.17) is 14.2 Å². The van der Waals surface area contributed by atoms with Gasteiger partial charge in [0.25, 0.3) is 0 Å². The fourth-order valence-electron chi connectivity index (χ4n) is 9.14. The second-order valence-corrected chi connectivity index (χ2v) is 20.3. The maximum atomic E-state index is 13.7. The molecule has 0 bridgehead atoms. The van der Waals surface area contributed by atoms with Crippen molar-refractivity contribution in [2.75, 3.05) is 13.2 Å². The van der Waals surface area contributed by atoms with Gasteiger partial charge in [-0.15, -0.1) is 0 Å². The van der Waals surface area contributed by atoms with E-state index in [1.807, 2.05) is 0 Å². The van der Waals surface area contributed by atoms with Gasteiger partial charge in [-0.05, 0) is 32.1 Å². The van der Waals surface area contributed by atoms with Crippen LogP contribution >= 0.6 is 0 Å². The van der Waals surface area contributed by atoms with Crippen molar-refractivity contribution >= 4 is 29.5 Å². The number of unbranched alkanes of at least 4 members (excludes halogenated alkanes) is 34. The van der Waals surface area contributed by atoms with Crippen LogP contribution in [0.4, 0.5) is 0 Å². The number of rotatable bonds is 53. The molecule has 67 heavy (non-hydrogen) atoms. The van der Waals surface area contributed by atoms with E-state index in [0.29, 0.717) is 32.1 Å². The Kier molecular flexibility index (Phi) is 48.5. The molecule has 0 rings (SSSR count). The summed E-state index contributed by atoms with van der Waals surface area (Å²) in [5.41, 5.74) is 0. The molecule has 0 aromatic heterocycles. The van der Waals surface area contributed by atoms with E-state index in [0.717, 1.165) is 148 Å². The molecule has 0 aromatic carbocycles. The average molecular weight is 948 g/mol. The standard InChI is InChI=1S/C59H110O8/c1-6-11-16-21-24-25-26-27-28-29-30-31-32-33-34-39-44-49-57(62)67-52(50-65-58(63)53(45-40-37-22-17-12-7-2)55(60)47-42-35-19-14-9-4)51-66-59(64)54(46-41-38-23-18-13-8-3)56(61)48-43-36-20-15-10-5/h52-54H,6-51H2,1-5H3. The molecule has 0 radical (unpaired) electrons. The van der Waals surface area contributed by atoms with E-state index in [1.165, 1.54) is 96.3 Å². The van der Waals surface area contributed by atoms with Gasteiger partial charge in [0, 0.05) is 19.3 Å². The number of esters is 3. The predicted octanol–water partition coefficient (Wildman–Crippen LogP) is 17.6. The largest absolute Gasteiger partial charge is 0.461 e. The number of Topliss-reactive ketones (excluding diaryl/α,β-unsaturated/α-hetero) is 2. The average Bonchev–Trinajstić information content (AvgIpc) is 3.32. The van der Waals surface area contributed by atoms with Crippen LogP contribution in [-0.4, -0.2) is 48.8 Å². The fraction of sp³-hybridized carbons (Fsp3) is 0.915. The second-order valence-electron chi connectivity index (χ2n) is 20.3. The normalized spacial score (nSPS) is 12.7. The Balaban J connectivity index is 5.49. The van der Waals surface area contributed by atoms with E-state index < -0.39 is 35.8 Å². The lowest BCUT2D eigenvalue weighted by molar-refractivity contribution is -0.170. The lowest BCUT2D eigenvalue weighted by atomic mass is 9.93. The van der Waals surface area contributed by atoms with Crippen molar-refractivity contribution in [3.63, 3.8) is 0 Å². The summed E-state index contributed by atoms with van der Waals surface area (Å²) in [5.74, 6) is -3.49. The molecule has 0 spiro atoms. The molecule has 0 amide bonds. The van der Waals surface area contributed by atoms with Crippen molar-refractivity contribution < 1.29 is 38.2 Å². The summed E-state index contributed by atoms with van der Waals surface area (Å²) in [6.07, 6.45) is 44.8. The van der Waals surface area contributed by atoms with Crippen LogP contribution in [0.1, 0.15) is 317 Å². The number of hydrogen-bond donors (Lipinski definition) is 0. The zero-order chi connectivity index (χ0) is 49.3. The lowest BCUT2D eigenvalue weighted by Gasteiger charge is -2.22. The van der Waals surface area contributed by atoms with Crippen LogP contribution in [0.2, 0.25) is 0 Å². The molecule has 0 aliphatic carbocycles. The molecule has 2 atom stereocenters. The third-order valence-corrected chi connectivity index (χ3v) is 13.7. The highest BCUT2D eigenvalue weighted by Crippen LogP contribution is 2.22. The fourth-order valence-corrected chi connectivity index (χ4v) is 9.14. The SMILES string of the molecule is CCCCCCCCCCCCCCCCCCCC(=O)OC(COC(=O)C(CCCCCCCC)C(=O)CCCCCCC)COC(=O)C(CCCCCCCC)C(=O)CCCCCCC. The Morgan fingerprint density at radius 1 is 0.299 bits per heavy atom. The number of ketones is 2. The summed E-state index contributed by atoms with van der Waals surface area (Å²) in [6.45, 7) is 10.4. The molecular weight excluding hydrogens is 837 g/mol. The van der Waals surface area contributed by atoms with Crippen LogP contribution in [0.3, 0.4) is 0 Å². The highest BCUT2D eigenvalue weighted by Gasteiger charge is 2.31. The number of carbonyl (C=O) groups is 5. The number of ether oxygens (including phenoxy) is 3. The Hall–Kier alpha value is -2.25. The molecule has 8 nitrogen and oxygen atoms in total. The maximum absolute atomic E-state index is 13.7. The molecule has 0 fully saturated rings. The first-order valence-corrected chi connectivity index (χ1v) is 29.3. The van der Waals surface area contributed by atoms with Gasteiger partial charge in [0.05, 0.1) is 0 Å². The van der Waals surface area contributed by atoms with Crippen LogP contribution < -0.4 is 0 Å². The predicted molar refractivity (Wildman–Crippen MR) is 280 cm³/mol. The third-order valence-electron chi connectivity index (χ3n) is 13.7. The topological polar surface area (TPSA) is 113 Å². The first kappa shape index (κ1) is 64.8. The number of hydrogen-bond acceptors (Lipinski definition) is 8. The van der Waals surface area contributed by atoms with Crippen molar-refractivity contribution in [3.05, 3.63) is 0 Å². The lowest BCUT2D eigenvalue weighted by Crippen LogP contribution is -2.35. The molecule has 0 aliphatic heterocycles. The summed E-state index contributed by atoms with van der Waals surface area (Å²) in [5, 5.41) is 0. The van der Waals surface area contributed by atoms with Crippen LogP contribution in [0.5, 0.6) is 0 Å². The first-order chi connectivity index (χ1) is 32.7.